The maximum atomic E-state index is 14.8. The number of anilines is 4. The lowest BCUT2D eigenvalue weighted by Crippen LogP contribution is -2.66. The zero-order valence-electron chi connectivity index (χ0n) is 33.0. The average Bonchev–Trinajstić information content (AvgIpc) is 3.11. The summed E-state index contributed by atoms with van der Waals surface area (Å²) in [5, 5.41) is 6.80. The van der Waals surface area contributed by atoms with E-state index in [1.807, 2.05) is 0 Å². The van der Waals surface area contributed by atoms with Gasteiger partial charge in [-0.3, -0.25) is 0 Å². The van der Waals surface area contributed by atoms with Crippen LogP contribution < -0.4 is 20.4 Å². The number of hydrogen-bond acceptors (Lipinski definition) is 4. The van der Waals surface area contributed by atoms with Crippen molar-refractivity contribution >= 4 is 34.8 Å². The van der Waals surface area contributed by atoms with Crippen LogP contribution in [0.15, 0.2) is 48.5 Å². The molecule has 8 bridgehead atoms. The second-order valence-electron chi connectivity index (χ2n) is 19.6. The zero-order chi connectivity index (χ0) is 36.6. The Morgan fingerprint density at radius 3 is 1.32 bits per heavy atom. The molecule has 2 aromatic rings. The first-order chi connectivity index (χ1) is 25.5. The van der Waals surface area contributed by atoms with E-state index >= 15 is 0 Å². The van der Waals surface area contributed by atoms with Gasteiger partial charge in [0.25, 0.3) is 0 Å². The molecule has 8 heteroatoms. The van der Waals surface area contributed by atoms with Crippen LogP contribution in [0.1, 0.15) is 96.8 Å². The lowest BCUT2D eigenvalue weighted by molar-refractivity contribution is -0.0927. The van der Waals surface area contributed by atoms with Crippen LogP contribution in [0.2, 0.25) is 0 Å². The Bertz CT molecular complexity index is 1590. The van der Waals surface area contributed by atoms with Crippen molar-refractivity contribution in [2.75, 3.05) is 48.6 Å². The molecule has 286 valence electrons. The highest BCUT2D eigenvalue weighted by molar-refractivity contribution is 5.91. The molecule has 9 aliphatic carbocycles. The Morgan fingerprint density at radius 2 is 0.925 bits per heavy atom. The summed E-state index contributed by atoms with van der Waals surface area (Å²) in [7, 11) is 8.20. The van der Waals surface area contributed by atoms with E-state index < -0.39 is 0 Å². The third-order valence-corrected chi connectivity index (χ3v) is 15.7. The number of hydrogen-bond donors (Lipinski definition) is 2. The summed E-state index contributed by atoms with van der Waals surface area (Å²) >= 11 is 0. The highest BCUT2D eigenvalue weighted by Crippen LogP contribution is 2.58. The molecule has 9 fully saturated rings. The summed E-state index contributed by atoms with van der Waals surface area (Å²) in [6, 6.07) is 17.6. The van der Waals surface area contributed by atoms with Crippen molar-refractivity contribution in [3.05, 3.63) is 48.5 Å². The summed E-state index contributed by atoms with van der Waals surface area (Å²) in [5.74, 6) is 5.89. The van der Waals surface area contributed by atoms with Crippen molar-refractivity contribution in [1.82, 2.24) is 9.80 Å². The van der Waals surface area contributed by atoms with Gasteiger partial charge in [0.15, 0.2) is 0 Å². The molecular weight excluding hydrogens is 657 g/mol. The van der Waals surface area contributed by atoms with Crippen LogP contribution in [0.5, 0.6) is 0 Å². The van der Waals surface area contributed by atoms with E-state index in [0.717, 1.165) is 72.1 Å². The molecule has 0 saturated heterocycles. The third-order valence-electron chi connectivity index (χ3n) is 15.7. The molecule has 9 saturated carbocycles. The Hall–Kier alpha value is -3.42. The summed E-state index contributed by atoms with van der Waals surface area (Å²) < 4.78 is 0. The molecule has 4 amide bonds. The van der Waals surface area contributed by atoms with Gasteiger partial charge in [0, 0.05) is 74.6 Å². The van der Waals surface area contributed by atoms with Crippen molar-refractivity contribution in [3.8, 4) is 0 Å². The Balaban J connectivity index is 0.981. The second kappa shape index (κ2) is 13.7. The average molecular weight is 721 g/mol. The van der Waals surface area contributed by atoms with Gasteiger partial charge >= 0.3 is 12.1 Å². The van der Waals surface area contributed by atoms with Gasteiger partial charge in [-0.1, -0.05) is 0 Å². The maximum Gasteiger partial charge on any atom is 0.322 e. The number of nitrogens with one attached hydrogen (secondary N) is 2. The molecule has 9 aliphatic rings. The molecule has 0 radical (unpaired) electrons. The number of benzene rings is 2. The molecule has 11 rings (SSSR count). The minimum Gasteiger partial charge on any atom is -0.378 e. The summed E-state index contributed by atoms with van der Waals surface area (Å²) in [6.45, 7) is 2.39. The fourth-order valence-corrected chi connectivity index (χ4v) is 13.8. The van der Waals surface area contributed by atoms with E-state index in [0.29, 0.717) is 35.8 Å². The second-order valence-corrected chi connectivity index (χ2v) is 19.6. The van der Waals surface area contributed by atoms with Crippen molar-refractivity contribution < 1.29 is 9.59 Å². The third kappa shape index (κ3) is 6.58. The Morgan fingerprint density at radius 1 is 0.547 bits per heavy atom. The smallest absolute Gasteiger partial charge is 0.322 e. The lowest BCUT2D eigenvalue weighted by Gasteiger charge is -2.62. The molecular formula is C45H64N6O2. The van der Waals surface area contributed by atoms with E-state index in [4.69, 9.17) is 0 Å². The molecule has 0 unspecified atom stereocenters. The standard InChI is InChI=1S/C45H64N6O2/c1-45(51(42-34-24-30-19-31(26-34)27-35(42)25-30)44(53)47-37-8-12-39(13-9-37)49(4)5)16-14-40(15-17-45)50(41-32-20-28-18-29(22-32)23-33(41)21-28)43(52)46-36-6-10-38(11-7-36)48(2)3/h6-13,28-35,40-42H,14-27H2,1-5H3,(H,46,52)(H,47,53). The molecule has 2 N–H and O–H groups in total. The maximum absolute atomic E-state index is 14.8. The first-order valence-corrected chi connectivity index (χ1v) is 21.3. The zero-order valence-corrected chi connectivity index (χ0v) is 33.0. The molecule has 0 spiro atoms. The van der Waals surface area contributed by atoms with Gasteiger partial charge in [0.2, 0.25) is 0 Å². The number of amides is 4. The molecule has 53 heavy (non-hydrogen) atoms. The molecule has 0 aromatic heterocycles. The molecule has 0 heterocycles. The lowest BCUT2D eigenvalue weighted by atomic mass is 9.53. The first-order valence-electron chi connectivity index (χ1n) is 21.3. The van der Waals surface area contributed by atoms with E-state index in [1.165, 1.54) is 64.2 Å². The van der Waals surface area contributed by atoms with Gasteiger partial charge in [-0.15, -0.1) is 0 Å². The van der Waals surface area contributed by atoms with Crippen LogP contribution >= 0.6 is 0 Å². The number of carbonyl (C=O) groups is 2. The monoisotopic (exact) mass is 721 g/mol. The largest absolute Gasteiger partial charge is 0.378 e. The van der Waals surface area contributed by atoms with Crippen molar-refractivity contribution in [2.45, 2.75) is 120 Å². The van der Waals surface area contributed by atoms with Gasteiger partial charge in [-0.2, -0.15) is 0 Å². The van der Waals surface area contributed by atoms with Gasteiger partial charge < -0.3 is 30.2 Å². The van der Waals surface area contributed by atoms with Crippen LogP contribution in [0.4, 0.5) is 32.3 Å². The SMILES string of the molecule is CN(C)c1ccc(NC(=O)N(C2CCC(C)(N(C(=O)Nc3ccc(N(C)C)cc3)C3C4CC5CC(C4)CC3C5)CC2)C2C3CC4CC(C3)CC2C4)cc1. The number of urea groups is 2. The van der Waals surface area contributed by atoms with Gasteiger partial charge in [-0.25, -0.2) is 9.59 Å². The Kier molecular flexibility index (Phi) is 9.13. The van der Waals surface area contributed by atoms with Crippen LogP contribution in [-0.2, 0) is 0 Å². The fraction of sp³-hybridized carbons (Fsp3) is 0.689. The highest BCUT2D eigenvalue weighted by atomic mass is 16.2. The quantitative estimate of drug-likeness (QED) is 0.285. The predicted octanol–water partition coefficient (Wildman–Crippen LogP) is 9.54. The molecule has 0 atom stereocenters. The number of carbonyl (C=O) groups excluding carboxylic acids is 2. The van der Waals surface area contributed by atoms with Crippen molar-refractivity contribution in [2.24, 2.45) is 47.3 Å². The van der Waals surface area contributed by atoms with Crippen LogP contribution in [-0.4, -0.2) is 73.7 Å². The Labute approximate surface area is 318 Å². The van der Waals surface area contributed by atoms with Crippen LogP contribution in [0.3, 0.4) is 0 Å². The van der Waals surface area contributed by atoms with Gasteiger partial charge in [0.05, 0.1) is 0 Å². The molecule has 8 nitrogen and oxygen atoms in total. The van der Waals surface area contributed by atoms with Gasteiger partial charge in [0.1, 0.15) is 0 Å². The summed E-state index contributed by atoms with van der Waals surface area (Å²) in [6.07, 6.45) is 16.9. The highest BCUT2D eigenvalue weighted by Gasteiger charge is 2.57. The summed E-state index contributed by atoms with van der Waals surface area (Å²) in [4.78, 5) is 38.4. The van der Waals surface area contributed by atoms with Crippen LogP contribution in [0.25, 0.3) is 0 Å². The minimum atomic E-state index is -0.252. The predicted molar refractivity (Wildman–Crippen MR) is 216 cm³/mol. The van der Waals surface area contributed by atoms with E-state index in [9.17, 15) is 9.59 Å². The molecule has 0 aliphatic heterocycles. The number of nitrogens with zero attached hydrogens (tertiary/aromatic N) is 4. The fourth-order valence-electron chi connectivity index (χ4n) is 13.8. The van der Waals surface area contributed by atoms with Gasteiger partial charge in [-0.05, 0) is 193 Å². The normalized spacial score (nSPS) is 37.6. The number of rotatable bonds is 8. The van der Waals surface area contributed by atoms with Crippen molar-refractivity contribution in [3.63, 3.8) is 0 Å². The van der Waals surface area contributed by atoms with Crippen molar-refractivity contribution in [1.29, 1.82) is 0 Å². The van der Waals surface area contributed by atoms with E-state index in [1.54, 1.807) is 0 Å². The van der Waals surface area contributed by atoms with E-state index in [2.05, 4.69) is 114 Å². The minimum absolute atomic E-state index is 0.0813. The topological polar surface area (TPSA) is 71.2 Å². The van der Waals surface area contributed by atoms with E-state index in [-0.39, 0.29) is 23.6 Å². The summed E-state index contributed by atoms with van der Waals surface area (Å²) in [5.41, 5.74) is 3.75. The first kappa shape index (κ1) is 35.3. The molecule has 2 aromatic carbocycles. The van der Waals surface area contributed by atoms with Crippen LogP contribution in [0, 0.1) is 47.3 Å².